The lowest BCUT2D eigenvalue weighted by Gasteiger charge is -2.35. The summed E-state index contributed by atoms with van der Waals surface area (Å²) in [5.41, 5.74) is -2.40. The van der Waals surface area contributed by atoms with Gasteiger partial charge in [0.25, 0.3) is 5.69 Å². The molecule has 0 bridgehead atoms. The summed E-state index contributed by atoms with van der Waals surface area (Å²) in [5, 5.41) is 0.192. The average molecular weight is 308 g/mol. The minimum absolute atomic E-state index is 0.0107. The minimum atomic E-state index is -2.42. The van der Waals surface area contributed by atoms with Crippen LogP contribution in [0.1, 0.15) is 46.0 Å². The topological polar surface area (TPSA) is 35.5 Å². The summed E-state index contributed by atoms with van der Waals surface area (Å²) in [4.78, 5) is 12.2. The third-order valence-electron chi connectivity index (χ3n) is 3.37. The van der Waals surface area contributed by atoms with Crippen LogP contribution in [0, 0.1) is 11.3 Å². The van der Waals surface area contributed by atoms with E-state index in [1.807, 2.05) is 0 Å². The zero-order valence-electron chi connectivity index (χ0n) is 11.0. The van der Waals surface area contributed by atoms with Crippen LogP contribution in [0.25, 0.3) is 0 Å². The second-order valence-electron chi connectivity index (χ2n) is 5.90. The fourth-order valence-electron chi connectivity index (χ4n) is 2.16. The number of carbonyl (C=O) groups excluding carboxylic acids is 1. The molecule has 0 spiro atoms. The fraction of sp³-hybridized carbons (Fsp3) is 0.917. The van der Waals surface area contributed by atoms with E-state index in [0.717, 1.165) is 25.7 Å². The lowest BCUT2D eigenvalue weighted by molar-refractivity contribution is -0.115. The third kappa shape index (κ3) is 4.04. The summed E-state index contributed by atoms with van der Waals surface area (Å²) < 4.78 is 11.4. The monoisotopic (exact) mass is 308 g/mol. The largest absolute Gasteiger partial charge is 0.321 e. The van der Waals surface area contributed by atoms with Gasteiger partial charge < -0.3 is 9.05 Å². The molecule has 0 aromatic carbocycles. The van der Waals surface area contributed by atoms with Gasteiger partial charge in [-0.3, -0.25) is 4.79 Å². The molecule has 2 rings (SSSR count). The fourth-order valence-corrected chi connectivity index (χ4v) is 6.68. The molecule has 0 aromatic heterocycles. The van der Waals surface area contributed by atoms with Crippen molar-refractivity contribution in [2.24, 2.45) is 11.3 Å². The van der Waals surface area contributed by atoms with E-state index in [1.54, 1.807) is 0 Å². The van der Waals surface area contributed by atoms with Crippen molar-refractivity contribution < 1.29 is 13.8 Å². The molecule has 1 saturated carbocycles. The smallest absolute Gasteiger partial charge is 0.254 e. The summed E-state index contributed by atoms with van der Waals surface area (Å²) in [6.45, 7) is 5.35. The Bertz CT molecular complexity index is 350. The van der Waals surface area contributed by atoms with E-state index in [4.69, 9.17) is 20.9 Å². The number of hydrogen-bond acceptors (Lipinski definition) is 5. The molecular weight excluding hydrogens is 287 g/mol. The summed E-state index contributed by atoms with van der Waals surface area (Å²) in [5.74, 6) is 0.172. The average Bonchev–Trinajstić information content (AvgIpc) is 2.35. The van der Waals surface area contributed by atoms with Crippen LogP contribution in [0.4, 0.5) is 0 Å². The van der Waals surface area contributed by atoms with E-state index in [9.17, 15) is 4.79 Å². The molecule has 18 heavy (non-hydrogen) atoms. The van der Waals surface area contributed by atoms with Crippen LogP contribution in [0.3, 0.4) is 0 Å². The summed E-state index contributed by atoms with van der Waals surface area (Å²) in [6, 6.07) is 0. The highest BCUT2D eigenvalue weighted by atomic mass is 32.9. The lowest BCUT2D eigenvalue weighted by Crippen LogP contribution is -2.29. The van der Waals surface area contributed by atoms with Gasteiger partial charge in [0.15, 0.2) is 0 Å². The second-order valence-corrected chi connectivity index (χ2v) is 12.0. The Labute approximate surface area is 118 Å². The maximum Gasteiger partial charge on any atom is 0.254 e. The van der Waals surface area contributed by atoms with Crippen molar-refractivity contribution >= 4 is 34.0 Å². The van der Waals surface area contributed by atoms with E-state index in [2.05, 4.69) is 13.8 Å². The first-order valence-electron chi connectivity index (χ1n) is 6.53. The molecule has 104 valence electrons. The van der Waals surface area contributed by atoms with Crippen molar-refractivity contribution in [3.63, 3.8) is 0 Å². The minimum Gasteiger partial charge on any atom is -0.321 e. The molecule has 1 saturated heterocycles. The Morgan fingerprint density at radius 1 is 1.22 bits per heavy atom. The van der Waals surface area contributed by atoms with Gasteiger partial charge in [0.2, 0.25) is 5.12 Å². The first-order valence-corrected chi connectivity index (χ1v) is 10.6. The van der Waals surface area contributed by atoms with Crippen molar-refractivity contribution in [2.75, 3.05) is 13.2 Å². The Morgan fingerprint density at radius 2 is 1.78 bits per heavy atom. The van der Waals surface area contributed by atoms with Crippen LogP contribution in [-0.4, -0.2) is 18.3 Å². The normalized spacial score (nSPS) is 27.9. The predicted molar refractivity (Wildman–Crippen MR) is 79.1 cm³/mol. The highest BCUT2D eigenvalue weighted by molar-refractivity contribution is 8.73. The Balaban J connectivity index is 1.88. The first kappa shape index (κ1) is 15.0. The number of rotatable bonds is 2. The van der Waals surface area contributed by atoms with E-state index in [-0.39, 0.29) is 16.4 Å². The molecule has 6 heteroatoms. The zero-order chi connectivity index (χ0) is 13.2. The maximum absolute atomic E-state index is 12.2. The molecule has 3 nitrogen and oxygen atoms in total. The van der Waals surface area contributed by atoms with Gasteiger partial charge in [0, 0.05) is 22.7 Å². The Kier molecular flexibility index (Phi) is 4.93. The van der Waals surface area contributed by atoms with Gasteiger partial charge in [-0.25, -0.2) is 0 Å². The Morgan fingerprint density at radius 3 is 2.33 bits per heavy atom. The van der Waals surface area contributed by atoms with E-state index in [0.29, 0.717) is 13.2 Å². The molecule has 1 heterocycles. The van der Waals surface area contributed by atoms with Gasteiger partial charge >= 0.3 is 0 Å². The summed E-state index contributed by atoms with van der Waals surface area (Å²) in [7, 11) is 0. The molecule has 2 aliphatic rings. The third-order valence-corrected chi connectivity index (χ3v) is 8.14. The standard InChI is InChI=1S/C12H21O3PS2/c1-12(2)8-14-16(17,15-9-12)18-11(13)10-6-4-3-5-7-10/h10H,3-9H2,1-2H3. The molecule has 2 fully saturated rings. The van der Waals surface area contributed by atoms with Crippen molar-refractivity contribution in [2.45, 2.75) is 46.0 Å². The maximum atomic E-state index is 12.2. The van der Waals surface area contributed by atoms with Crippen LogP contribution in [0.15, 0.2) is 0 Å². The number of hydrogen-bond donors (Lipinski definition) is 0. The molecular formula is C12H21O3PS2. The summed E-state index contributed by atoms with van der Waals surface area (Å²) >= 11 is 6.58. The van der Waals surface area contributed by atoms with Gasteiger partial charge in [-0.15, -0.1) is 0 Å². The van der Waals surface area contributed by atoms with Crippen LogP contribution < -0.4 is 0 Å². The van der Waals surface area contributed by atoms with Gasteiger partial charge in [-0.2, -0.15) is 0 Å². The molecule has 0 N–H and O–H groups in total. The molecule has 0 aromatic rings. The van der Waals surface area contributed by atoms with Crippen LogP contribution in [-0.2, 0) is 25.6 Å². The van der Waals surface area contributed by atoms with Crippen molar-refractivity contribution in [1.82, 2.24) is 0 Å². The molecule has 0 unspecified atom stereocenters. The van der Waals surface area contributed by atoms with Crippen molar-refractivity contribution in [3.05, 3.63) is 0 Å². The lowest BCUT2D eigenvalue weighted by atomic mass is 9.90. The zero-order valence-corrected chi connectivity index (χ0v) is 13.5. The first-order chi connectivity index (χ1) is 8.40. The molecule has 0 amide bonds. The van der Waals surface area contributed by atoms with Crippen LogP contribution >= 0.6 is 17.1 Å². The molecule has 1 aliphatic heterocycles. The second kappa shape index (κ2) is 5.92. The Hall–Kier alpha value is 0.590. The number of carbonyl (C=O) groups is 1. The molecule has 1 aliphatic carbocycles. The summed E-state index contributed by atoms with van der Waals surface area (Å²) in [6.07, 6.45) is 5.59. The van der Waals surface area contributed by atoms with Crippen molar-refractivity contribution in [1.29, 1.82) is 0 Å². The van der Waals surface area contributed by atoms with E-state index >= 15 is 0 Å². The van der Waals surface area contributed by atoms with E-state index < -0.39 is 5.69 Å². The van der Waals surface area contributed by atoms with E-state index in [1.165, 1.54) is 17.8 Å². The van der Waals surface area contributed by atoms with Gasteiger partial charge in [0.05, 0.1) is 13.2 Å². The van der Waals surface area contributed by atoms with Gasteiger partial charge in [-0.1, -0.05) is 33.1 Å². The van der Waals surface area contributed by atoms with Crippen LogP contribution in [0.5, 0.6) is 0 Å². The highest BCUT2D eigenvalue weighted by Gasteiger charge is 2.37. The quantitative estimate of drug-likeness (QED) is 0.717. The van der Waals surface area contributed by atoms with Crippen molar-refractivity contribution in [3.8, 4) is 0 Å². The predicted octanol–water partition coefficient (Wildman–Crippen LogP) is 4.12. The van der Waals surface area contributed by atoms with Crippen LogP contribution in [0.2, 0.25) is 0 Å². The molecule has 0 atom stereocenters. The van der Waals surface area contributed by atoms with Gasteiger partial charge in [-0.05, 0) is 24.6 Å². The van der Waals surface area contributed by atoms with Gasteiger partial charge in [0.1, 0.15) is 0 Å². The highest BCUT2D eigenvalue weighted by Crippen LogP contribution is 2.65. The SMILES string of the molecule is CC1(C)COP(=S)(SC(=O)C2CCCCC2)OC1. The molecule has 0 radical (unpaired) electrons.